The van der Waals surface area contributed by atoms with Crippen LogP contribution in [0.3, 0.4) is 0 Å². The molecule has 1 aromatic carbocycles. The van der Waals surface area contributed by atoms with E-state index >= 15 is 0 Å². The zero-order valence-corrected chi connectivity index (χ0v) is 15.4. The van der Waals surface area contributed by atoms with Gasteiger partial charge in [-0.25, -0.2) is 0 Å². The molecule has 0 atom stereocenters. The number of benzene rings is 1. The van der Waals surface area contributed by atoms with Gasteiger partial charge in [-0.15, -0.1) is 0 Å². The van der Waals surface area contributed by atoms with E-state index in [0.29, 0.717) is 25.0 Å². The summed E-state index contributed by atoms with van der Waals surface area (Å²) in [4.78, 5) is 4.56. The van der Waals surface area contributed by atoms with Gasteiger partial charge in [0.15, 0.2) is 0 Å². The Hall–Kier alpha value is -1.55. The molecule has 0 saturated heterocycles. The predicted octanol–water partition coefficient (Wildman–Crippen LogP) is 5.87. The molecule has 124 valence electrons. The molecule has 0 bridgehead atoms. The van der Waals surface area contributed by atoms with Gasteiger partial charge in [-0.1, -0.05) is 54.8 Å². The number of rotatable bonds is 9. The summed E-state index contributed by atoms with van der Waals surface area (Å²) in [6, 6.07) is 12.1. The third kappa shape index (κ3) is 5.54. The Morgan fingerprint density at radius 2 is 1.52 bits per heavy atom. The summed E-state index contributed by atoms with van der Waals surface area (Å²) in [6.45, 7) is 5.66. The lowest BCUT2D eigenvalue weighted by atomic mass is 10.1. The van der Waals surface area contributed by atoms with Gasteiger partial charge in [-0.3, -0.25) is 0 Å². The lowest BCUT2D eigenvalue weighted by Gasteiger charge is -2.13. The molecule has 23 heavy (non-hydrogen) atoms. The van der Waals surface area contributed by atoms with Crippen molar-refractivity contribution in [1.82, 2.24) is 4.98 Å². The van der Waals surface area contributed by atoms with Crippen LogP contribution in [0.2, 0.25) is 0 Å². The molecule has 0 aliphatic heterocycles. The van der Waals surface area contributed by atoms with Crippen molar-refractivity contribution in [1.29, 1.82) is 0 Å². The molecule has 0 aliphatic rings. The monoisotopic (exact) mass is 377 g/mol. The van der Waals surface area contributed by atoms with Crippen LogP contribution >= 0.6 is 15.9 Å². The highest BCUT2D eigenvalue weighted by atomic mass is 79.9. The zero-order valence-electron chi connectivity index (χ0n) is 13.8. The number of nitrogens with zero attached hydrogens (tertiary/aromatic N) is 1. The molecule has 2 rings (SSSR count). The minimum Gasteiger partial charge on any atom is -0.478 e. The normalized spacial score (nSPS) is 10.6. The number of ether oxygens (including phenoxy) is 2. The Morgan fingerprint density at radius 1 is 0.870 bits per heavy atom. The van der Waals surface area contributed by atoms with Gasteiger partial charge in [0.05, 0.1) is 13.2 Å². The highest BCUT2D eigenvalue weighted by Gasteiger charge is 2.10. The maximum absolute atomic E-state index is 5.91. The van der Waals surface area contributed by atoms with Crippen LogP contribution in [0.15, 0.2) is 40.9 Å². The molecule has 0 radical (unpaired) electrons. The van der Waals surface area contributed by atoms with Crippen molar-refractivity contribution in [2.24, 2.45) is 0 Å². The molecular formula is C19H24BrNO2. The Balaban J connectivity index is 2.22. The lowest BCUT2D eigenvalue weighted by Crippen LogP contribution is -2.03. The van der Waals surface area contributed by atoms with E-state index in [9.17, 15) is 0 Å². The van der Waals surface area contributed by atoms with Crippen molar-refractivity contribution >= 4 is 15.9 Å². The summed E-state index contributed by atoms with van der Waals surface area (Å²) in [5.74, 6) is 1.28. The molecule has 0 saturated carbocycles. The predicted molar refractivity (Wildman–Crippen MR) is 98.2 cm³/mol. The summed E-state index contributed by atoms with van der Waals surface area (Å²) in [6.07, 6.45) is 4.25. The summed E-state index contributed by atoms with van der Waals surface area (Å²) in [5.41, 5.74) is 2.09. The van der Waals surface area contributed by atoms with Crippen molar-refractivity contribution < 1.29 is 9.47 Å². The van der Waals surface area contributed by atoms with E-state index < -0.39 is 0 Å². The van der Waals surface area contributed by atoms with Crippen molar-refractivity contribution in [2.45, 2.75) is 39.5 Å². The second kappa shape index (κ2) is 9.56. The zero-order chi connectivity index (χ0) is 16.5. The summed E-state index contributed by atoms with van der Waals surface area (Å²) < 4.78 is 12.7. The van der Waals surface area contributed by atoms with Crippen LogP contribution in [-0.4, -0.2) is 18.2 Å². The summed E-state index contributed by atoms with van der Waals surface area (Å²) in [5, 5.41) is 0. The highest BCUT2D eigenvalue weighted by Crippen LogP contribution is 2.31. The maximum Gasteiger partial charge on any atom is 0.224 e. The van der Waals surface area contributed by atoms with E-state index in [2.05, 4.69) is 46.9 Å². The molecule has 2 aromatic rings. The van der Waals surface area contributed by atoms with E-state index in [0.717, 1.165) is 41.3 Å². The van der Waals surface area contributed by atoms with Crippen LogP contribution in [0.5, 0.6) is 11.8 Å². The van der Waals surface area contributed by atoms with Crippen molar-refractivity contribution in [3.8, 4) is 22.9 Å². The summed E-state index contributed by atoms with van der Waals surface area (Å²) >= 11 is 3.47. The largest absolute Gasteiger partial charge is 0.478 e. The average molecular weight is 378 g/mol. The van der Waals surface area contributed by atoms with Gasteiger partial charge >= 0.3 is 0 Å². The molecule has 1 heterocycles. The number of unbranched alkanes of at least 4 members (excludes halogenated alkanes) is 2. The Morgan fingerprint density at radius 3 is 2.17 bits per heavy atom. The van der Waals surface area contributed by atoms with E-state index in [1.54, 1.807) is 0 Å². The Kier molecular flexibility index (Phi) is 7.40. The van der Waals surface area contributed by atoms with Crippen molar-refractivity contribution in [3.63, 3.8) is 0 Å². The molecule has 0 unspecified atom stereocenters. The van der Waals surface area contributed by atoms with Gasteiger partial charge in [0, 0.05) is 16.1 Å². The van der Waals surface area contributed by atoms with Crippen molar-refractivity contribution in [2.75, 3.05) is 13.2 Å². The van der Waals surface area contributed by atoms with Gasteiger partial charge < -0.3 is 9.47 Å². The van der Waals surface area contributed by atoms with Gasteiger partial charge in [-0.2, -0.15) is 4.98 Å². The first-order chi connectivity index (χ1) is 11.2. The van der Waals surface area contributed by atoms with E-state index in [1.807, 2.05) is 24.3 Å². The average Bonchev–Trinajstić information content (AvgIpc) is 2.57. The Labute approximate surface area is 147 Å². The Bertz CT molecular complexity index is 599. The van der Waals surface area contributed by atoms with Crippen LogP contribution < -0.4 is 9.47 Å². The quantitative estimate of drug-likeness (QED) is 0.512. The standard InChI is InChI=1S/C19H24BrNO2/c1-3-5-13-22-18-12-11-17(15-7-9-16(20)10-8-15)19(21-18)23-14-6-4-2/h7-12H,3-6,13-14H2,1-2H3. The third-order valence-electron chi connectivity index (χ3n) is 3.47. The first kappa shape index (κ1) is 17.8. The van der Waals surface area contributed by atoms with Gasteiger partial charge in [0.1, 0.15) is 0 Å². The third-order valence-corrected chi connectivity index (χ3v) is 4.00. The van der Waals surface area contributed by atoms with Gasteiger partial charge in [0.2, 0.25) is 11.8 Å². The number of pyridine rings is 1. The molecule has 1 aromatic heterocycles. The highest BCUT2D eigenvalue weighted by molar-refractivity contribution is 9.10. The van der Waals surface area contributed by atoms with Gasteiger partial charge in [0.25, 0.3) is 0 Å². The molecular weight excluding hydrogens is 354 g/mol. The lowest BCUT2D eigenvalue weighted by molar-refractivity contribution is 0.274. The van der Waals surface area contributed by atoms with Crippen LogP contribution in [0.1, 0.15) is 39.5 Å². The van der Waals surface area contributed by atoms with Crippen LogP contribution in [-0.2, 0) is 0 Å². The summed E-state index contributed by atoms with van der Waals surface area (Å²) in [7, 11) is 0. The first-order valence-corrected chi connectivity index (χ1v) is 9.06. The smallest absolute Gasteiger partial charge is 0.224 e. The number of hydrogen-bond donors (Lipinski definition) is 0. The van der Waals surface area contributed by atoms with Crippen LogP contribution in [0, 0.1) is 0 Å². The van der Waals surface area contributed by atoms with E-state index in [4.69, 9.17) is 9.47 Å². The molecule has 0 aliphatic carbocycles. The van der Waals surface area contributed by atoms with E-state index in [-0.39, 0.29) is 0 Å². The minimum atomic E-state index is 0.630. The fraction of sp³-hybridized carbons (Fsp3) is 0.421. The molecule has 3 nitrogen and oxygen atoms in total. The van der Waals surface area contributed by atoms with Gasteiger partial charge in [-0.05, 0) is 36.6 Å². The van der Waals surface area contributed by atoms with E-state index in [1.165, 1.54) is 0 Å². The number of halogens is 1. The van der Waals surface area contributed by atoms with Crippen LogP contribution in [0.4, 0.5) is 0 Å². The topological polar surface area (TPSA) is 31.4 Å². The molecule has 0 amide bonds. The SMILES string of the molecule is CCCCOc1ccc(-c2ccc(Br)cc2)c(OCCCC)n1. The maximum atomic E-state index is 5.91. The first-order valence-electron chi connectivity index (χ1n) is 8.27. The fourth-order valence-electron chi connectivity index (χ4n) is 2.10. The van der Waals surface area contributed by atoms with Crippen molar-refractivity contribution in [3.05, 3.63) is 40.9 Å². The molecule has 0 fully saturated rings. The van der Waals surface area contributed by atoms with Crippen LogP contribution in [0.25, 0.3) is 11.1 Å². The molecule has 4 heteroatoms. The minimum absolute atomic E-state index is 0.630. The molecule has 0 spiro atoms. The number of hydrogen-bond acceptors (Lipinski definition) is 3. The molecule has 0 N–H and O–H groups in total. The fourth-order valence-corrected chi connectivity index (χ4v) is 2.36. The number of aromatic nitrogens is 1. The second-order valence-electron chi connectivity index (χ2n) is 5.41. The second-order valence-corrected chi connectivity index (χ2v) is 6.33.